The van der Waals surface area contributed by atoms with Gasteiger partial charge in [-0.2, -0.15) is 0 Å². The van der Waals surface area contributed by atoms with E-state index in [-0.39, 0.29) is 24.0 Å². The van der Waals surface area contributed by atoms with Gasteiger partial charge in [-0.15, -0.1) is 0 Å². The van der Waals surface area contributed by atoms with Crippen LogP contribution in [0, 0.1) is 0 Å². The summed E-state index contributed by atoms with van der Waals surface area (Å²) in [5.41, 5.74) is 2.31. The Morgan fingerprint density at radius 2 is 1.68 bits per heavy atom. The van der Waals surface area contributed by atoms with Crippen LogP contribution in [0.4, 0.5) is 0 Å². The first-order valence-electron chi connectivity index (χ1n) is 6.80. The zero-order valence-corrected chi connectivity index (χ0v) is 17.4. The lowest BCUT2D eigenvalue weighted by Crippen LogP contribution is -3.00. The van der Waals surface area contributed by atoms with Gasteiger partial charge >= 0.3 is 0 Å². The molecule has 0 saturated carbocycles. The Hall–Kier alpha value is -0.300. The highest BCUT2D eigenvalue weighted by molar-refractivity contribution is 9.10. The van der Waals surface area contributed by atoms with Gasteiger partial charge in [0.15, 0.2) is 0 Å². The third-order valence-electron chi connectivity index (χ3n) is 2.97. The molecule has 2 aromatic rings. The van der Waals surface area contributed by atoms with Crippen molar-refractivity contribution >= 4 is 27.5 Å². The molecule has 0 saturated heterocycles. The Morgan fingerprint density at radius 3 is 2.27 bits per heavy atom. The van der Waals surface area contributed by atoms with Crippen LogP contribution in [-0.4, -0.2) is 25.6 Å². The second kappa shape index (κ2) is 8.52. The van der Waals surface area contributed by atoms with Crippen molar-refractivity contribution in [3.05, 3.63) is 63.1 Å². The van der Waals surface area contributed by atoms with Gasteiger partial charge in [0.05, 0.1) is 21.1 Å². The van der Waals surface area contributed by atoms with E-state index < -0.39 is 0 Å². The van der Waals surface area contributed by atoms with E-state index in [1.54, 1.807) is 0 Å². The molecule has 0 aliphatic heterocycles. The zero-order valence-electron chi connectivity index (χ0n) is 12.9. The number of rotatable bonds is 5. The lowest BCUT2D eigenvalue weighted by molar-refractivity contribution is -0.884. The van der Waals surface area contributed by atoms with Crippen molar-refractivity contribution < 1.29 is 33.2 Å². The molecule has 2 nitrogen and oxygen atoms in total. The first kappa shape index (κ1) is 19.7. The SMILES string of the molecule is C[N+](C)(C)Cc1cc(Br)ccc1OCc1ccc(Cl)cc1.[I-]. The average Bonchev–Trinajstić information content (AvgIpc) is 2.38. The van der Waals surface area contributed by atoms with Crippen molar-refractivity contribution in [1.29, 1.82) is 0 Å². The predicted molar refractivity (Wildman–Crippen MR) is 91.7 cm³/mol. The summed E-state index contributed by atoms with van der Waals surface area (Å²) in [4.78, 5) is 0. The maximum absolute atomic E-state index is 5.99. The fourth-order valence-corrected chi connectivity index (χ4v) is 2.60. The first-order valence-corrected chi connectivity index (χ1v) is 7.97. The van der Waals surface area contributed by atoms with E-state index in [1.807, 2.05) is 36.4 Å². The predicted octanol–water partition coefficient (Wildman–Crippen LogP) is 1.89. The quantitative estimate of drug-likeness (QED) is 0.454. The third kappa shape index (κ3) is 6.44. The Balaban J connectivity index is 0.00000242. The van der Waals surface area contributed by atoms with Gasteiger partial charge in [0.2, 0.25) is 0 Å². The van der Waals surface area contributed by atoms with Crippen LogP contribution < -0.4 is 28.7 Å². The van der Waals surface area contributed by atoms with E-state index in [0.29, 0.717) is 6.61 Å². The molecule has 0 unspecified atom stereocenters. The summed E-state index contributed by atoms with van der Waals surface area (Å²) < 4.78 is 7.92. The minimum absolute atomic E-state index is 0. The molecule has 0 radical (unpaired) electrons. The average molecular weight is 497 g/mol. The van der Waals surface area contributed by atoms with Gasteiger partial charge in [-0.05, 0) is 35.9 Å². The van der Waals surface area contributed by atoms with Gasteiger partial charge in [0, 0.05) is 15.1 Å². The molecule has 0 heterocycles. The topological polar surface area (TPSA) is 9.23 Å². The fraction of sp³-hybridized carbons (Fsp3) is 0.294. The van der Waals surface area contributed by atoms with Crippen LogP contribution in [0.2, 0.25) is 5.02 Å². The van der Waals surface area contributed by atoms with E-state index in [0.717, 1.165) is 31.8 Å². The van der Waals surface area contributed by atoms with E-state index in [1.165, 1.54) is 5.56 Å². The van der Waals surface area contributed by atoms with E-state index >= 15 is 0 Å². The van der Waals surface area contributed by atoms with Crippen LogP contribution in [0.1, 0.15) is 11.1 Å². The highest BCUT2D eigenvalue weighted by Crippen LogP contribution is 2.26. The molecule has 22 heavy (non-hydrogen) atoms. The summed E-state index contributed by atoms with van der Waals surface area (Å²) >= 11 is 9.43. The number of quaternary nitrogens is 1. The minimum atomic E-state index is 0. The Bertz CT molecular complexity index is 611. The van der Waals surface area contributed by atoms with Crippen molar-refractivity contribution in [3.63, 3.8) is 0 Å². The minimum Gasteiger partial charge on any atom is -1.00 e. The maximum Gasteiger partial charge on any atom is 0.128 e. The molecule has 2 aromatic carbocycles. The number of benzene rings is 2. The second-order valence-electron chi connectivity index (χ2n) is 6.12. The molecule has 0 amide bonds. The number of ether oxygens (including phenoxy) is 1. The Labute approximate surface area is 163 Å². The first-order chi connectivity index (χ1) is 9.83. The standard InChI is InChI=1S/C17H20BrClNO.HI/c1-20(2,3)11-14-10-15(18)6-9-17(14)21-12-13-4-7-16(19)8-5-13;/h4-10H,11-12H2,1-3H3;1H/q+1;/p-1. The Morgan fingerprint density at radius 1 is 1.05 bits per heavy atom. The molecule has 0 fully saturated rings. The van der Waals surface area contributed by atoms with Crippen molar-refractivity contribution in [3.8, 4) is 5.75 Å². The van der Waals surface area contributed by atoms with Crippen molar-refractivity contribution in [2.24, 2.45) is 0 Å². The number of halogens is 3. The summed E-state index contributed by atoms with van der Waals surface area (Å²) in [6.07, 6.45) is 0. The fourth-order valence-electron chi connectivity index (χ4n) is 2.07. The molecule has 2 rings (SSSR count). The monoisotopic (exact) mass is 495 g/mol. The van der Waals surface area contributed by atoms with Gasteiger partial charge < -0.3 is 33.2 Å². The summed E-state index contributed by atoms with van der Waals surface area (Å²) in [5, 5.41) is 0.744. The largest absolute Gasteiger partial charge is 1.00 e. The molecule has 120 valence electrons. The van der Waals surface area contributed by atoms with Gasteiger partial charge in [0.1, 0.15) is 18.9 Å². The van der Waals surface area contributed by atoms with Crippen LogP contribution in [0.25, 0.3) is 0 Å². The van der Waals surface area contributed by atoms with Crippen LogP contribution in [0.15, 0.2) is 46.9 Å². The molecular weight excluding hydrogens is 476 g/mol. The third-order valence-corrected chi connectivity index (χ3v) is 3.72. The smallest absolute Gasteiger partial charge is 0.128 e. The second-order valence-corrected chi connectivity index (χ2v) is 7.47. The molecule has 5 heteroatoms. The van der Waals surface area contributed by atoms with E-state index in [4.69, 9.17) is 16.3 Å². The summed E-state index contributed by atoms with van der Waals surface area (Å²) in [5.74, 6) is 0.932. The maximum atomic E-state index is 5.99. The molecule has 0 aliphatic carbocycles. The number of hydrogen-bond acceptors (Lipinski definition) is 1. The highest BCUT2D eigenvalue weighted by atomic mass is 127. The molecule has 0 spiro atoms. The van der Waals surface area contributed by atoms with Crippen LogP contribution in [-0.2, 0) is 13.2 Å². The summed E-state index contributed by atoms with van der Waals surface area (Å²) in [6.45, 7) is 1.46. The van der Waals surface area contributed by atoms with Gasteiger partial charge in [-0.25, -0.2) is 0 Å². The van der Waals surface area contributed by atoms with E-state index in [9.17, 15) is 0 Å². The summed E-state index contributed by atoms with van der Waals surface area (Å²) in [6, 6.07) is 13.9. The van der Waals surface area contributed by atoms with Crippen LogP contribution >= 0.6 is 27.5 Å². The van der Waals surface area contributed by atoms with Crippen molar-refractivity contribution in [2.45, 2.75) is 13.2 Å². The van der Waals surface area contributed by atoms with Crippen LogP contribution in [0.5, 0.6) is 5.75 Å². The van der Waals surface area contributed by atoms with Gasteiger partial charge in [-0.1, -0.05) is 39.7 Å². The van der Waals surface area contributed by atoms with E-state index in [2.05, 4.69) is 43.1 Å². The summed E-state index contributed by atoms with van der Waals surface area (Å²) in [7, 11) is 6.51. The van der Waals surface area contributed by atoms with Gasteiger partial charge in [0.25, 0.3) is 0 Å². The zero-order chi connectivity index (χ0) is 15.5. The normalized spacial score (nSPS) is 11.0. The Kier molecular flexibility index (Phi) is 7.65. The highest BCUT2D eigenvalue weighted by Gasteiger charge is 2.14. The molecular formula is C17H20BrClINO. The lowest BCUT2D eigenvalue weighted by Gasteiger charge is -2.25. The molecule has 0 N–H and O–H groups in total. The van der Waals surface area contributed by atoms with Crippen molar-refractivity contribution in [2.75, 3.05) is 21.1 Å². The molecule has 0 aliphatic rings. The number of nitrogens with zero attached hydrogens (tertiary/aromatic N) is 1. The molecule has 0 atom stereocenters. The lowest BCUT2D eigenvalue weighted by atomic mass is 10.1. The molecule has 0 bridgehead atoms. The van der Waals surface area contributed by atoms with Gasteiger partial charge in [-0.3, -0.25) is 0 Å². The van der Waals surface area contributed by atoms with Crippen LogP contribution in [0.3, 0.4) is 0 Å². The number of hydrogen-bond donors (Lipinski definition) is 0. The molecule has 0 aromatic heterocycles. The van der Waals surface area contributed by atoms with Crippen molar-refractivity contribution in [1.82, 2.24) is 0 Å².